The molecule has 0 saturated carbocycles. The van der Waals surface area contributed by atoms with Gasteiger partial charge >= 0.3 is 5.97 Å². The molecule has 0 aliphatic carbocycles. The fourth-order valence-electron chi connectivity index (χ4n) is 0.867. The first-order chi connectivity index (χ1) is 6.38. The molecule has 0 radical (unpaired) electrons. The average molecular weight is 283 g/mol. The highest BCUT2D eigenvalue weighted by Crippen LogP contribution is 2.18. The lowest BCUT2D eigenvalue weighted by Crippen LogP contribution is -2.28. The quantitative estimate of drug-likeness (QED) is 0.460. The number of halogens is 1. The number of unbranched alkanes of at least 4 members (excludes halogenated alkanes) is 1. The van der Waals surface area contributed by atoms with Crippen molar-refractivity contribution in [2.24, 2.45) is 0 Å². The van der Waals surface area contributed by atoms with Gasteiger partial charge in [-0.1, -0.05) is 35.7 Å². The molecule has 0 aromatic heterocycles. The Morgan fingerprint density at radius 2 is 2.14 bits per heavy atom. The number of ether oxygens (including phenoxy) is 1. The third-order valence-electron chi connectivity index (χ3n) is 1.78. The Hall–Kier alpha value is 0.300. The maximum absolute atomic E-state index is 11.3. The lowest BCUT2D eigenvalue weighted by Gasteiger charge is -2.17. The minimum absolute atomic E-state index is 0.161. The van der Waals surface area contributed by atoms with Crippen LogP contribution in [0.1, 0.15) is 40.0 Å². The van der Waals surface area contributed by atoms with E-state index in [1.54, 1.807) is 13.8 Å². The smallest absolute Gasteiger partial charge is 0.322 e. The molecule has 0 aromatic rings. The molecule has 0 saturated heterocycles. The SMILES string of the molecule is CCCCC(S)COC(=O)C(C)(C)Br. The molecule has 0 aliphatic heterocycles. The van der Waals surface area contributed by atoms with Crippen molar-refractivity contribution in [1.29, 1.82) is 0 Å². The van der Waals surface area contributed by atoms with E-state index in [1.807, 2.05) is 0 Å². The Bertz CT molecular complexity index is 177. The molecule has 0 heterocycles. The van der Waals surface area contributed by atoms with Gasteiger partial charge in [0.2, 0.25) is 0 Å². The molecule has 0 fully saturated rings. The molecule has 1 atom stereocenters. The summed E-state index contributed by atoms with van der Waals surface area (Å²) in [5, 5.41) is 0.161. The number of hydrogen-bond acceptors (Lipinski definition) is 3. The molecule has 0 bridgehead atoms. The van der Waals surface area contributed by atoms with Gasteiger partial charge in [0, 0.05) is 5.25 Å². The van der Waals surface area contributed by atoms with E-state index in [9.17, 15) is 4.79 Å². The van der Waals surface area contributed by atoms with Gasteiger partial charge < -0.3 is 4.74 Å². The predicted molar refractivity (Wildman–Crippen MR) is 66.3 cm³/mol. The molecule has 0 amide bonds. The zero-order chi connectivity index (χ0) is 11.2. The molecule has 14 heavy (non-hydrogen) atoms. The second-order valence-corrected chi connectivity index (χ2v) is 6.58. The average Bonchev–Trinajstić information content (AvgIpc) is 2.09. The number of hydrogen-bond donors (Lipinski definition) is 1. The van der Waals surface area contributed by atoms with Crippen LogP contribution in [0.15, 0.2) is 0 Å². The van der Waals surface area contributed by atoms with Crippen LogP contribution in [0.4, 0.5) is 0 Å². The van der Waals surface area contributed by atoms with Crippen LogP contribution in [0.3, 0.4) is 0 Å². The normalized spacial score (nSPS) is 13.8. The van der Waals surface area contributed by atoms with Gasteiger partial charge in [0.05, 0.1) is 0 Å². The first-order valence-corrected chi connectivity index (χ1v) is 6.23. The number of rotatable bonds is 6. The Balaban J connectivity index is 3.67. The van der Waals surface area contributed by atoms with Crippen molar-refractivity contribution < 1.29 is 9.53 Å². The van der Waals surface area contributed by atoms with Crippen LogP contribution in [-0.4, -0.2) is 22.2 Å². The molecule has 4 heteroatoms. The van der Waals surface area contributed by atoms with E-state index in [2.05, 4.69) is 35.5 Å². The summed E-state index contributed by atoms with van der Waals surface area (Å²) in [5.41, 5.74) is 0. The summed E-state index contributed by atoms with van der Waals surface area (Å²) in [5.74, 6) is -0.229. The van der Waals surface area contributed by atoms with E-state index < -0.39 is 4.32 Å². The summed E-state index contributed by atoms with van der Waals surface area (Å²) in [6.45, 7) is 6.08. The maximum Gasteiger partial charge on any atom is 0.322 e. The molecule has 0 aliphatic rings. The van der Waals surface area contributed by atoms with Gasteiger partial charge in [-0.15, -0.1) is 0 Å². The Labute approximate surface area is 100 Å². The number of esters is 1. The van der Waals surface area contributed by atoms with Crippen molar-refractivity contribution in [1.82, 2.24) is 0 Å². The number of carbonyl (C=O) groups excluding carboxylic acids is 1. The molecule has 0 N–H and O–H groups in total. The van der Waals surface area contributed by atoms with Gasteiger partial charge in [-0.2, -0.15) is 12.6 Å². The van der Waals surface area contributed by atoms with E-state index in [0.29, 0.717) is 6.61 Å². The van der Waals surface area contributed by atoms with Gasteiger partial charge in [-0.05, 0) is 20.3 Å². The minimum atomic E-state index is -0.592. The van der Waals surface area contributed by atoms with Gasteiger partial charge in [-0.25, -0.2) is 0 Å². The van der Waals surface area contributed by atoms with Crippen molar-refractivity contribution in [3.63, 3.8) is 0 Å². The van der Waals surface area contributed by atoms with Crippen LogP contribution in [0.25, 0.3) is 0 Å². The van der Waals surface area contributed by atoms with Crippen molar-refractivity contribution in [3.05, 3.63) is 0 Å². The maximum atomic E-state index is 11.3. The molecular weight excluding hydrogens is 264 g/mol. The predicted octanol–water partition coefficient (Wildman–Crippen LogP) is 3.19. The van der Waals surface area contributed by atoms with E-state index in [4.69, 9.17) is 4.74 Å². The summed E-state index contributed by atoms with van der Waals surface area (Å²) in [4.78, 5) is 11.3. The minimum Gasteiger partial charge on any atom is -0.463 e. The summed E-state index contributed by atoms with van der Waals surface area (Å²) < 4.78 is 4.51. The molecule has 1 unspecified atom stereocenters. The van der Waals surface area contributed by atoms with Crippen LogP contribution >= 0.6 is 28.6 Å². The first-order valence-electron chi connectivity index (χ1n) is 4.92. The largest absolute Gasteiger partial charge is 0.463 e. The first kappa shape index (κ1) is 14.3. The molecular formula is C10H19BrO2S. The summed E-state index contributed by atoms with van der Waals surface area (Å²) in [6.07, 6.45) is 3.27. The van der Waals surface area contributed by atoms with Crippen molar-refractivity contribution in [2.45, 2.75) is 49.6 Å². The summed E-state index contributed by atoms with van der Waals surface area (Å²) in [6, 6.07) is 0. The lowest BCUT2D eigenvalue weighted by atomic mass is 10.2. The van der Waals surface area contributed by atoms with E-state index in [0.717, 1.165) is 19.3 Å². The number of thiol groups is 1. The van der Waals surface area contributed by atoms with Crippen LogP contribution in [0, 0.1) is 0 Å². The number of alkyl halides is 1. The zero-order valence-corrected chi connectivity index (χ0v) is 11.5. The highest BCUT2D eigenvalue weighted by molar-refractivity contribution is 9.10. The fraction of sp³-hybridized carbons (Fsp3) is 0.900. The Kier molecular flexibility index (Phi) is 6.87. The van der Waals surface area contributed by atoms with Crippen LogP contribution < -0.4 is 0 Å². The van der Waals surface area contributed by atoms with E-state index in [-0.39, 0.29) is 11.2 Å². The van der Waals surface area contributed by atoms with E-state index >= 15 is 0 Å². The van der Waals surface area contributed by atoms with Crippen LogP contribution in [0.5, 0.6) is 0 Å². The van der Waals surface area contributed by atoms with Crippen molar-refractivity contribution in [2.75, 3.05) is 6.61 Å². The van der Waals surface area contributed by atoms with E-state index in [1.165, 1.54) is 0 Å². The van der Waals surface area contributed by atoms with Gasteiger partial charge in [0.25, 0.3) is 0 Å². The standard InChI is InChI=1S/C10H19BrO2S/c1-4-5-6-8(14)7-13-9(12)10(2,3)11/h8,14H,4-7H2,1-3H3. The molecule has 84 valence electrons. The third-order valence-corrected chi connectivity index (χ3v) is 2.51. The van der Waals surface area contributed by atoms with Crippen molar-refractivity contribution >= 4 is 34.5 Å². The van der Waals surface area contributed by atoms with Crippen LogP contribution in [-0.2, 0) is 9.53 Å². The lowest BCUT2D eigenvalue weighted by molar-refractivity contribution is -0.145. The molecule has 0 spiro atoms. The topological polar surface area (TPSA) is 26.3 Å². The molecule has 2 nitrogen and oxygen atoms in total. The number of carbonyl (C=O) groups is 1. The highest BCUT2D eigenvalue weighted by atomic mass is 79.9. The van der Waals surface area contributed by atoms with Gasteiger partial charge in [-0.3, -0.25) is 4.79 Å². The third kappa shape index (κ3) is 6.71. The Morgan fingerprint density at radius 3 is 2.57 bits per heavy atom. The summed E-state index contributed by atoms with van der Waals surface area (Å²) >= 11 is 7.59. The zero-order valence-electron chi connectivity index (χ0n) is 9.05. The Morgan fingerprint density at radius 1 is 1.57 bits per heavy atom. The van der Waals surface area contributed by atoms with Crippen LogP contribution in [0.2, 0.25) is 0 Å². The molecule has 0 rings (SSSR count). The summed E-state index contributed by atoms with van der Waals surface area (Å²) in [7, 11) is 0. The van der Waals surface area contributed by atoms with Gasteiger partial charge in [0.1, 0.15) is 10.9 Å². The second-order valence-electron chi connectivity index (χ2n) is 3.87. The second kappa shape index (κ2) is 6.72. The highest BCUT2D eigenvalue weighted by Gasteiger charge is 2.25. The monoisotopic (exact) mass is 282 g/mol. The van der Waals surface area contributed by atoms with Crippen molar-refractivity contribution in [3.8, 4) is 0 Å². The van der Waals surface area contributed by atoms with Gasteiger partial charge in [0.15, 0.2) is 0 Å². The fourth-order valence-corrected chi connectivity index (χ4v) is 1.24. The molecule has 0 aromatic carbocycles.